The largest absolute Gasteiger partial charge is 0.319 e. The average molecular weight is 299 g/mol. The summed E-state index contributed by atoms with van der Waals surface area (Å²) in [6.07, 6.45) is 3.43. The second-order valence-corrected chi connectivity index (χ2v) is 6.40. The summed E-state index contributed by atoms with van der Waals surface area (Å²) in [5.74, 6) is 1.59. The molecule has 2 heterocycles. The van der Waals surface area contributed by atoms with Crippen molar-refractivity contribution in [2.45, 2.75) is 25.2 Å². The average Bonchev–Trinajstić information content (AvgIpc) is 3.14. The number of hydrogen-bond acceptors (Lipinski definition) is 5. The fourth-order valence-electron chi connectivity index (χ4n) is 2.54. The van der Waals surface area contributed by atoms with Gasteiger partial charge in [0, 0.05) is 11.5 Å². The van der Waals surface area contributed by atoms with Gasteiger partial charge in [0.1, 0.15) is 5.01 Å². The van der Waals surface area contributed by atoms with Gasteiger partial charge >= 0.3 is 0 Å². The van der Waals surface area contributed by atoms with Crippen LogP contribution in [-0.2, 0) is 6.42 Å². The molecule has 21 heavy (non-hydrogen) atoms. The van der Waals surface area contributed by atoms with Crippen molar-refractivity contribution in [3.8, 4) is 10.6 Å². The molecule has 0 amide bonds. The van der Waals surface area contributed by atoms with E-state index in [0.717, 1.165) is 28.8 Å². The van der Waals surface area contributed by atoms with Crippen LogP contribution in [-0.4, -0.2) is 33.4 Å². The molecule has 1 aliphatic rings. The molecule has 0 saturated heterocycles. The zero-order valence-electron chi connectivity index (χ0n) is 11.9. The van der Waals surface area contributed by atoms with Crippen LogP contribution in [0.5, 0.6) is 0 Å². The molecule has 108 valence electrons. The third-order valence-electron chi connectivity index (χ3n) is 3.85. The minimum Gasteiger partial charge on any atom is -0.319 e. The van der Waals surface area contributed by atoms with Crippen LogP contribution in [0.15, 0.2) is 24.3 Å². The van der Waals surface area contributed by atoms with E-state index in [1.807, 2.05) is 11.6 Å². The highest BCUT2D eigenvalue weighted by molar-refractivity contribution is 7.19. The maximum absolute atomic E-state index is 4.76. The minimum absolute atomic E-state index is 0.564. The van der Waals surface area contributed by atoms with E-state index in [0.29, 0.717) is 5.92 Å². The summed E-state index contributed by atoms with van der Waals surface area (Å²) in [6.45, 7) is 0.967. The van der Waals surface area contributed by atoms with Gasteiger partial charge < -0.3 is 5.32 Å². The van der Waals surface area contributed by atoms with Crippen LogP contribution in [0.2, 0.25) is 0 Å². The van der Waals surface area contributed by atoms with Crippen molar-refractivity contribution in [1.29, 1.82) is 0 Å². The van der Waals surface area contributed by atoms with E-state index in [9.17, 15) is 0 Å². The van der Waals surface area contributed by atoms with Gasteiger partial charge in [0.05, 0.1) is 0 Å². The summed E-state index contributed by atoms with van der Waals surface area (Å²) in [7, 11) is 1.98. The maximum atomic E-state index is 4.76. The lowest BCUT2D eigenvalue weighted by Crippen LogP contribution is -2.10. The van der Waals surface area contributed by atoms with Gasteiger partial charge in [-0.15, -0.1) is 10.2 Å². The fraction of sp³-hybridized carbons (Fsp3) is 0.400. The fourth-order valence-corrected chi connectivity index (χ4v) is 3.45. The second kappa shape index (κ2) is 5.20. The molecule has 1 saturated carbocycles. The molecular weight excluding hydrogens is 282 g/mol. The first-order chi connectivity index (χ1) is 10.4. The van der Waals surface area contributed by atoms with Crippen molar-refractivity contribution in [2.75, 3.05) is 13.6 Å². The highest BCUT2D eigenvalue weighted by Gasteiger charge is 2.30. The number of rotatable bonds is 5. The molecular formula is C15H17N5S. The molecule has 0 bridgehead atoms. The topological polar surface area (TPSA) is 55.1 Å². The van der Waals surface area contributed by atoms with Crippen LogP contribution in [0.1, 0.15) is 30.1 Å². The molecule has 4 rings (SSSR count). The molecule has 0 aliphatic heterocycles. The van der Waals surface area contributed by atoms with Gasteiger partial charge in [-0.25, -0.2) is 0 Å². The minimum atomic E-state index is 0.564. The summed E-state index contributed by atoms with van der Waals surface area (Å²) in [6, 6.07) is 8.48. The van der Waals surface area contributed by atoms with Gasteiger partial charge in [-0.2, -0.15) is 9.61 Å². The second-order valence-electron chi connectivity index (χ2n) is 5.44. The number of benzene rings is 1. The molecule has 0 spiro atoms. The van der Waals surface area contributed by atoms with Crippen molar-refractivity contribution >= 4 is 16.3 Å². The summed E-state index contributed by atoms with van der Waals surface area (Å²) >= 11 is 1.62. The van der Waals surface area contributed by atoms with Gasteiger partial charge in [-0.3, -0.25) is 0 Å². The van der Waals surface area contributed by atoms with E-state index in [1.165, 1.54) is 24.0 Å². The molecule has 1 aliphatic carbocycles. The summed E-state index contributed by atoms with van der Waals surface area (Å²) in [4.78, 5) is 0.898. The summed E-state index contributed by atoms with van der Waals surface area (Å²) < 4.78 is 1.94. The van der Waals surface area contributed by atoms with Crippen molar-refractivity contribution in [3.05, 3.63) is 35.7 Å². The predicted octanol–water partition coefficient (Wildman–Crippen LogP) is 2.49. The van der Waals surface area contributed by atoms with Gasteiger partial charge in [0.25, 0.3) is 0 Å². The third kappa shape index (κ3) is 2.34. The Morgan fingerprint density at radius 3 is 2.95 bits per heavy atom. The van der Waals surface area contributed by atoms with E-state index in [-0.39, 0.29) is 0 Å². The highest BCUT2D eigenvalue weighted by atomic mass is 32.1. The van der Waals surface area contributed by atoms with E-state index in [2.05, 4.69) is 39.8 Å². The number of fused-ring (bicyclic) bond motifs is 1. The van der Waals surface area contributed by atoms with E-state index >= 15 is 0 Å². The Morgan fingerprint density at radius 2 is 2.14 bits per heavy atom. The Morgan fingerprint density at radius 1 is 1.29 bits per heavy atom. The number of likely N-dealkylation sites (N-methyl/N-ethyl adjacent to an activating group) is 1. The van der Waals surface area contributed by atoms with Gasteiger partial charge in [-0.05, 0) is 38.4 Å². The number of hydrogen-bond donors (Lipinski definition) is 1. The van der Waals surface area contributed by atoms with Gasteiger partial charge in [0.15, 0.2) is 5.82 Å². The Hall–Kier alpha value is -1.79. The third-order valence-corrected chi connectivity index (χ3v) is 4.78. The van der Waals surface area contributed by atoms with Crippen molar-refractivity contribution in [3.63, 3.8) is 0 Å². The first-order valence-electron chi connectivity index (χ1n) is 7.32. The van der Waals surface area contributed by atoms with Crippen LogP contribution in [0.3, 0.4) is 0 Å². The summed E-state index contributed by atoms with van der Waals surface area (Å²) in [5, 5.41) is 17.6. The Kier molecular flexibility index (Phi) is 3.20. The van der Waals surface area contributed by atoms with Gasteiger partial charge in [0.2, 0.25) is 4.96 Å². The molecule has 5 nitrogen and oxygen atoms in total. The lowest BCUT2D eigenvalue weighted by Gasteiger charge is -2.06. The van der Waals surface area contributed by atoms with Crippen molar-refractivity contribution in [1.82, 2.24) is 25.1 Å². The Balaban J connectivity index is 1.75. The standard InChI is InChI=1S/C15H17N5S/c1-16-9-8-10-4-2-3-5-12(10)14-19-20-13(11-6-7-11)17-18-15(20)21-14/h2-5,11,16H,6-9H2,1H3. The molecule has 0 radical (unpaired) electrons. The SMILES string of the molecule is CNCCc1ccccc1-c1nn2c(C3CC3)nnc2s1. The van der Waals surface area contributed by atoms with E-state index < -0.39 is 0 Å². The smallest absolute Gasteiger partial charge is 0.234 e. The van der Waals surface area contributed by atoms with Crippen LogP contribution in [0.4, 0.5) is 0 Å². The first kappa shape index (κ1) is 12.9. The summed E-state index contributed by atoms with van der Waals surface area (Å²) in [5.41, 5.74) is 2.54. The molecule has 3 aromatic rings. The van der Waals surface area contributed by atoms with Crippen LogP contribution in [0.25, 0.3) is 15.5 Å². The number of nitrogens with one attached hydrogen (secondary N) is 1. The molecule has 6 heteroatoms. The zero-order valence-corrected chi connectivity index (χ0v) is 12.7. The molecule has 1 fully saturated rings. The van der Waals surface area contributed by atoms with Crippen LogP contribution >= 0.6 is 11.3 Å². The monoisotopic (exact) mass is 299 g/mol. The van der Waals surface area contributed by atoms with E-state index in [1.54, 1.807) is 11.3 Å². The molecule has 0 atom stereocenters. The van der Waals surface area contributed by atoms with Crippen LogP contribution in [0, 0.1) is 0 Å². The normalized spacial score (nSPS) is 14.9. The zero-order chi connectivity index (χ0) is 14.2. The van der Waals surface area contributed by atoms with Crippen LogP contribution < -0.4 is 5.32 Å². The Labute approximate surface area is 127 Å². The van der Waals surface area contributed by atoms with Gasteiger partial charge in [-0.1, -0.05) is 35.6 Å². The molecule has 1 N–H and O–H groups in total. The quantitative estimate of drug-likeness (QED) is 0.786. The van der Waals surface area contributed by atoms with Crippen molar-refractivity contribution < 1.29 is 0 Å². The van der Waals surface area contributed by atoms with Crippen molar-refractivity contribution in [2.24, 2.45) is 0 Å². The maximum Gasteiger partial charge on any atom is 0.234 e. The first-order valence-corrected chi connectivity index (χ1v) is 8.13. The highest BCUT2D eigenvalue weighted by Crippen LogP contribution is 2.40. The lowest BCUT2D eigenvalue weighted by molar-refractivity contribution is 0.791. The van der Waals surface area contributed by atoms with E-state index in [4.69, 9.17) is 5.10 Å². The predicted molar refractivity (Wildman–Crippen MR) is 83.7 cm³/mol. The molecule has 0 unspecified atom stereocenters. The molecule has 2 aromatic heterocycles. The Bertz CT molecular complexity index is 771. The number of aromatic nitrogens is 4. The lowest BCUT2D eigenvalue weighted by atomic mass is 10.1. The molecule has 1 aromatic carbocycles. The number of nitrogens with zero attached hydrogens (tertiary/aromatic N) is 4.